The molecule has 25 heavy (non-hydrogen) atoms. The number of carbonyl (C=O) groups is 1. The van der Waals surface area contributed by atoms with Gasteiger partial charge in [-0.1, -0.05) is 11.2 Å². The molecule has 6 nitrogen and oxygen atoms in total. The van der Waals surface area contributed by atoms with Crippen LogP contribution in [0.5, 0.6) is 0 Å². The second-order valence-corrected chi connectivity index (χ2v) is 6.71. The summed E-state index contributed by atoms with van der Waals surface area (Å²) in [5, 5.41) is 3.84. The van der Waals surface area contributed by atoms with E-state index in [-0.39, 0.29) is 5.91 Å². The van der Waals surface area contributed by atoms with Gasteiger partial charge >= 0.3 is 0 Å². The van der Waals surface area contributed by atoms with Crippen molar-refractivity contribution in [1.29, 1.82) is 0 Å². The minimum absolute atomic E-state index is 0.123. The van der Waals surface area contributed by atoms with Crippen molar-refractivity contribution >= 4 is 5.91 Å². The fourth-order valence-corrected chi connectivity index (χ4v) is 3.22. The predicted molar refractivity (Wildman–Crippen MR) is 95.3 cm³/mol. The molecular weight excluding hydrogens is 316 g/mol. The average Bonchev–Trinajstić information content (AvgIpc) is 2.85. The fourth-order valence-electron chi connectivity index (χ4n) is 3.22. The molecule has 0 N–H and O–H groups in total. The van der Waals surface area contributed by atoms with Gasteiger partial charge in [0.15, 0.2) is 0 Å². The molecule has 0 aromatic carbocycles. The number of carbonyl (C=O) groups excluding carboxylic acids is 1. The number of nitrogens with zero attached hydrogens (tertiary/aromatic N) is 4. The third kappa shape index (κ3) is 5.13. The first-order valence-electron chi connectivity index (χ1n) is 8.95. The lowest BCUT2D eigenvalue weighted by molar-refractivity contribution is -0.130. The zero-order valence-electron chi connectivity index (χ0n) is 15.1. The molecule has 1 aliphatic rings. The second-order valence-electron chi connectivity index (χ2n) is 6.71. The average molecular weight is 342 g/mol. The molecule has 0 aliphatic carbocycles. The first-order chi connectivity index (χ1) is 12.1. The lowest BCUT2D eigenvalue weighted by atomic mass is 10.2. The minimum Gasteiger partial charge on any atom is -0.361 e. The van der Waals surface area contributed by atoms with Gasteiger partial charge in [0.2, 0.25) is 5.91 Å². The molecule has 0 unspecified atom stereocenters. The van der Waals surface area contributed by atoms with E-state index < -0.39 is 0 Å². The SMILES string of the molecule is Cc1cc(CC(=O)N2CCCN(CCc3cccc(C)n3)CC2)on1. The lowest BCUT2D eigenvalue weighted by Gasteiger charge is -2.21. The van der Waals surface area contributed by atoms with E-state index in [0.717, 1.165) is 62.6 Å². The van der Waals surface area contributed by atoms with Crippen molar-refractivity contribution in [2.75, 3.05) is 32.7 Å². The number of aromatic nitrogens is 2. The Morgan fingerprint density at radius 2 is 2.04 bits per heavy atom. The summed E-state index contributed by atoms with van der Waals surface area (Å²) in [5.74, 6) is 0.771. The molecule has 6 heteroatoms. The molecule has 1 fully saturated rings. The first-order valence-corrected chi connectivity index (χ1v) is 8.95. The number of hydrogen-bond donors (Lipinski definition) is 0. The van der Waals surface area contributed by atoms with Crippen LogP contribution in [0.3, 0.4) is 0 Å². The molecule has 2 aromatic heterocycles. The normalized spacial score (nSPS) is 16.0. The molecule has 0 bridgehead atoms. The number of pyridine rings is 1. The van der Waals surface area contributed by atoms with Crippen LogP contribution in [0.15, 0.2) is 28.8 Å². The van der Waals surface area contributed by atoms with E-state index in [9.17, 15) is 4.79 Å². The van der Waals surface area contributed by atoms with Gasteiger partial charge < -0.3 is 14.3 Å². The van der Waals surface area contributed by atoms with Gasteiger partial charge in [-0.05, 0) is 38.9 Å². The molecule has 1 aliphatic heterocycles. The Bertz CT molecular complexity index is 713. The highest BCUT2D eigenvalue weighted by atomic mass is 16.5. The predicted octanol–water partition coefficient (Wildman–Crippen LogP) is 2.01. The maximum absolute atomic E-state index is 12.5. The Balaban J connectivity index is 1.47. The Kier molecular flexibility index (Phi) is 5.81. The Morgan fingerprint density at radius 1 is 1.16 bits per heavy atom. The quantitative estimate of drug-likeness (QED) is 0.832. The number of amides is 1. The third-order valence-corrected chi connectivity index (χ3v) is 4.57. The third-order valence-electron chi connectivity index (χ3n) is 4.57. The van der Waals surface area contributed by atoms with E-state index in [1.807, 2.05) is 30.9 Å². The maximum Gasteiger partial charge on any atom is 0.230 e. The van der Waals surface area contributed by atoms with Crippen molar-refractivity contribution in [3.63, 3.8) is 0 Å². The van der Waals surface area contributed by atoms with Crippen molar-refractivity contribution in [1.82, 2.24) is 19.9 Å². The minimum atomic E-state index is 0.123. The van der Waals surface area contributed by atoms with Crippen LogP contribution in [0.25, 0.3) is 0 Å². The Labute approximate surface area is 148 Å². The van der Waals surface area contributed by atoms with Crippen molar-refractivity contribution in [3.05, 3.63) is 47.1 Å². The largest absolute Gasteiger partial charge is 0.361 e. The summed E-state index contributed by atoms with van der Waals surface area (Å²) >= 11 is 0. The molecule has 3 rings (SSSR count). The first kappa shape index (κ1) is 17.6. The van der Waals surface area contributed by atoms with Gasteiger partial charge in [0.25, 0.3) is 0 Å². The Morgan fingerprint density at radius 3 is 2.80 bits per heavy atom. The molecular formula is C19H26N4O2. The monoisotopic (exact) mass is 342 g/mol. The molecule has 0 radical (unpaired) electrons. The van der Waals surface area contributed by atoms with E-state index in [4.69, 9.17) is 4.52 Å². The molecule has 1 saturated heterocycles. The summed E-state index contributed by atoms with van der Waals surface area (Å²) in [6.45, 7) is 8.39. The maximum atomic E-state index is 12.5. The highest BCUT2D eigenvalue weighted by molar-refractivity contribution is 5.78. The van der Waals surface area contributed by atoms with Gasteiger partial charge in [0, 0.05) is 50.1 Å². The van der Waals surface area contributed by atoms with Crippen molar-refractivity contribution in [3.8, 4) is 0 Å². The van der Waals surface area contributed by atoms with Crippen molar-refractivity contribution in [2.24, 2.45) is 0 Å². The Hall–Kier alpha value is -2.21. The molecule has 134 valence electrons. The van der Waals surface area contributed by atoms with Gasteiger partial charge in [0.05, 0.1) is 12.1 Å². The highest BCUT2D eigenvalue weighted by Gasteiger charge is 2.20. The molecule has 0 spiro atoms. The van der Waals surface area contributed by atoms with E-state index in [1.165, 1.54) is 0 Å². The van der Waals surface area contributed by atoms with Crippen LogP contribution in [0, 0.1) is 13.8 Å². The van der Waals surface area contributed by atoms with Gasteiger partial charge in [-0.3, -0.25) is 9.78 Å². The van der Waals surface area contributed by atoms with Crippen LogP contribution < -0.4 is 0 Å². The topological polar surface area (TPSA) is 62.5 Å². The number of rotatable bonds is 5. The van der Waals surface area contributed by atoms with Crippen LogP contribution in [-0.2, 0) is 17.6 Å². The number of aryl methyl sites for hydroxylation is 2. The zero-order valence-corrected chi connectivity index (χ0v) is 15.1. The molecule has 1 amide bonds. The van der Waals surface area contributed by atoms with Crippen molar-refractivity contribution in [2.45, 2.75) is 33.1 Å². The van der Waals surface area contributed by atoms with Crippen LogP contribution in [-0.4, -0.2) is 58.6 Å². The van der Waals surface area contributed by atoms with E-state index >= 15 is 0 Å². The van der Waals surface area contributed by atoms with Crippen LogP contribution in [0.2, 0.25) is 0 Å². The van der Waals surface area contributed by atoms with Gasteiger partial charge in [-0.15, -0.1) is 0 Å². The molecule has 0 saturated carbocycles. The molecule has 2 aromatic rings. The molecule has 3 heterocycles. The van der Waals surface area contributed by atoms with Gasteiger partial charge in [-0.25, -0.2) is 0 Å². The van der Waals surface area contributed by atoms with E-state index in [0.29, 0.717) is 12.2 Å². The summed E-state index contributed by atoms with van der Waals surface area (Å²) in [6.07, 6.45) is 2.25. The summed E-state index contributed by atoms with van der Waals surface area (Å²) in [7, 11) is 0. The molecule has 0 atom stereocenters. The summed E-state index contributed by atoms with van der Waals surface area (Å²) in [4.78, 5) is 21.4. The standard InChI is InChI=1S/C19H26N4O2/c1-15-5-3-6-17(20-15)7-10-22-8-4-9-23(12-11-22)19(24)14-18-13-16(2)21-25-18/h3,5-6,13H,4,7-12,14H2,1-2H3. The van der Waals surface area contributed by atoms with Crippen LogP contribution in [0.1, 0.15) is 29.3 Å². The van der Waals surface area contributed by atoms with Crippen LogP contribution in [0.4, 0.5) is 0 Å². The van der Waals surface area contributed by atoms with Gasteiger partial charge in [0.1, 0.15) is 5.76 Å². The number of hydrogen-bond acceptors (Lipinski definition) is 5. The summed E-state index contributed by atoms with van der Waals surface area (Å²) < 4.78 is 5.16. The van der Waals surface area contributed by atoms with E-state index in [2.05, 4.69) is 27.2 Å². The smallest absolute Gasteiger partial charge is 0.230 e. The summed E-state index contributed by atoms with van der Waals surface area (Å²) in [5.41, 5.74) is 3.01. The summed E-state index contributed by atoms with van der Waals surface area (Å²) in [6, 6.07) is 8.00. The second kappa shape index (κ2) is 8.25. The van der Waals surface area contributed by atoms with Crippen LogP contribution >= 0.6 is 0 Å². The van der Waals surface area contributed by atoms with E-state index in [1.54, 1.807) is 0 Å². The zero-order chi connectivity index (χ0) is 17.6. The fraction of sp³-hybridized carbons (Fsp3) is 0.526. The highest BCUT2D eigenvalue weighted by Crippen LogP contribution is 2.09. The van der Waals surface area contributed by atoms with Crippen molar-refractivity contribution < 1.29 is 9.32 Å². The lowest BCUT2D eigenvalue weighted by Crippen LogP contribution is -2.36. The van der Waals surface area contributed by atoms with Gasteiger partial charge in [-0.2, -0.15) is 0 Å².